The Bertz CT molecular complexity index is 497. The lowest BCUT2D eigenvalue weighted by Crippen LogP contribution is -2.63. The highest BCUT2D eigenvalue weighted by Gasteiger charge is 2.40. The summed E-state index contributed by atoms with van der Waals surface area (Å²) in [4.78, 5) is 25.5. The van der Waals surface area contributed by atoms with Crippen LogP contribution in [0.1, 0.15) is 24.8 Å². The van der Waals surface area contributed by atoms with Crippen molar-refractivity contribution in [3.8, 4) is 0 Å². The smallest absolute Gasteiger partial charge is 0.329 e. The van der Waals surface area contributed by atoms with Crippen LogP contribution in [0, 0.1) is 0 Å². The lowest BCUT2D eigenvalue weighted by atomic mass is 9.96. The number of nitrogens with one attached hydrogen (secondary N) is 1. The Labute approximate surface area is 127 Å². The van der Waals surface area contributed by atoms with E-state index in [0.717, 1.165) is 4.88 Å². The maximum Gasteiger partial charge on any atom is 0.329 e. The van der Waals surface area contributed by atoms with Crippen LogP contribution in [0.25, 0.3) is 0 Å². The molecule has 0 saturated carbocycles. The Morgan fingerprint density at radius 1 is 1.57 bits per heavy atom. The second kappa shape index (κ2) is 6.55. The Kier molecular flexibility index (Phi) is 4.97. The number of carbonyl (C=O) groups is 2. The molecule has 1 aromatic rings. The third kappa shape index (κ3) is 4.52. The van der Waals surface area contributed by atoms with Crippen molar-refractivity contribution in [3.05, 3.63) is 22.4 Å². The summed E-state index contributed by atoms with van der Waals surface area (Å²) in [5.74, 6) is -1.01. The van der Waals surface area contributed by atoms with E-state index in [1.807, 2.05) is 36.3 Å². The fourth-order valence-electron chi connectivity index (χ4n) is 2.44. The summed E-state index contributed by atoms with van der Waals surface area (Å²) >= 11 is 1.62. The molecule has 6 nitrogen and oxygen atoms in total. The van der Waals surface area contributed by atoms with E-state index in [2.05, 4.69) is 5.32 Å². The van der Waals surface area contributed by atoms with Gasteiger partial charge in [0.2, 0.25) is 5.91 Å². The Morgan fingerprint density at radius 2 is 2.29 bits per heavy atom. The zero-order valence-corrected chi connectivity index (χ0v) is 13.0. The van der Waals surface area contributed by atoms with Crippen LogP contribution in [0.5, 0.6) is 0 Å². The molecule has 0 bridgehead atoms. The molecule has 1 unspecified atom stereocenters. The fourth-order valence-corrected chi connectivity index (χ4v) is 3.17. The van der Waals surface area contributed by atoms with Gasteiger partial charge >= 0.3 is 5.97 Å². The summed E-state index contributed by atoms with van der Waals surface area (Å²) in [5, 5.41) is 13.5. The SMILES string of the molecule is CC(NC(=O)CN1CC(C)(OCC(=O)O)C1)c1cccs1. The van der Waals surface area contributed by atoms with Crippen molar-refractivity contribution in [2.24, 2.45) is 0 Å². The van der Waals surface area contributed by atoms with E-state index in [1.54, 1.807) is 11.3 Å². The zero-order chi connectivity index (χ0) is 15.5. The number of rotatable bonds is 7. The quantitative estimate of drug-likeness (QED) is 0.788. The molecule has 1 amide bonds. The summed E-state index contributed by atoms with van der Waals surface area (Å²) < 4.78 is 5.31. The number of carbonyl (C=O) groups excluding carboxylic acids is 1. The number of carboxylic acid groups (broad SMARTS) is 1. The fraction of sp³-hybridized carbons (Fsp3) is 0.571. The minimum Gasteiger partial charge on any atom is -0.480 e. The van der Waals surface area contributed by atoms with Crippen molar-refractivity contribution in [1.29, 1.82) is 0 Å². The Hall–Kier alpha value is -1.44. The highest BCUT2D eigenvalue weighted by atomic mass is 32.1. The molecule has 1 saturated heterocycles. The van der Waals surface area contributed by atoms with Gasteiger partial charge in [-0.05, 0) is 25.3 Å². The van der Waals surface area contributed by atoms with Gasteiger partial charge in [0.25, 0.3) is 0 Å². The number of nitrogens with zero attached hydrogens (tertiary/aromatic N) is 1. The molecule has 1 aliphatic rings. The second-order valence-corrected chi connectivity index (χ2v) is 6.56. The average molecular weight is 312 g/mol. The van der Waals surface area contributed by atoms with Gasteiger partial charge in [0.05, 0.1) is 18.2 Å². The first kappa shape index (κ1) is 15.9. The molecule has 1 fully saturated rings. The Balaban J connectivity index is 1.70. The predicted octanol–water partition coefficient (Wildman–Crippen LogP) is 1.10. The molecule has 7 heteroatoms. The van der Waals surface area contributed by atoms with Gasteiger partial charge in [0.15, 0.2) is 0 Å². The van der Waals surface area contributed by atoms with Crippen molar-refractivity contribution in [1.82, 2.24) is 10.2 Å². The van der Waals surface area contributed by atoms with Crippen LogP contribution in [0.3, 0.4) is 0 Å². The lowest BCUT2D eigenvalue weighted by molar-refractivity contribution is -0.166. The van der Waals surface area contributed by atoms with Gasteiger partial charge in [-0.2, -0.15) is 0 Å². The summed E-state index contributed by atoms with van der Waals surface area (Å²) in [6.45, 7) is 4.97. The summed E-state index contributed by atoms with van der Waals surface area (Å²) in [6.07, 6.45) is 0. The number of ether oxygens (including phenoxy) is 1. The normalized spacial score (nSPS) is 18.8. The molecule has 1 aliphatic heterocycles. The maximum absolute atomic E-state index is 11.9. The molecular weight excluding hydrogens is 292 g/mol. The largest absolute Gasteiger partial charge is 0.480 e. The van der Waals surface area contributed by atoms with Gasteiger partial charge in [0.1, 0.15) is 6.61 Å². The van der Waals surface area contributed by atoms with Crippen molar-refractivity contribution < 1.29 is 19.4 Å². The topological polar surface area (TPSA) is 78.9 Å². The average Bonchev–Trinajstić information content (AvgIpc) is 2.88. The van der Waals surface area contributed by atoms with Crippen LogP contribution in [-0.2, 0) is 14.3 Å². The molecule has 21 heavy (non-hydrogen) atoms. The molecule has 0 aliphatic carbocycles. The van der Waals surface area contributed by atoms with Crippen LogP contribution >= 0.6 is 11.3 Å². The molecule has 0 aromatic carbocycles. The van der Waals surface area contributed by atoms with E-state index in [4.69, 9.17) is 9.84 Å². The minimum absolute atomic E-state index is 0.00780. The monoisotopic (exact) mass is 312 g/mol. The summed E-state index contributed by atoms with van der Waals surface area (Å²) in [5.41, 5.74) is -0.460. The van der Waals surface area contributed by atoms with E-state index >= 15 is 0 Å². The molecule has 2 N–H and O–H groups in total. The van der Waals surface area contributed by atoms with Crippen molar-refractivity contribution in [2.45, 2.75) is 25.5 Å². The first-order chi connectivity index (χ1) is 9.88. The van der Waals surface area contributed by atoms with E-state index in [1.165, 1.54) is 0 Å². The summed E-state index contributed by atoms with van der Waals surface area (Å²) in [7, 11) is 0. The minimum atomic E-state index is -0.975. The van der Waals surface area contributed by atoms with Crippen molar-refractivity contribution in [2.75, 3.05) is 26.2 Å². The van der Waals surface area contributed by atoms with Crippen molar-refractivity contribution >= 4 is 23.2 Å². The van der Waals surface area contributed by atoms with E-state index in [-0.39, 0.29) is 18.6 Å². The van der Waals surface area contributed by atoms with Crippen molar-refractivity contribution in [3.63, 3.8) is 0 Å². The van der Waals surface area contributed by atoms with Gasteiger partial charge in [-0.15, -0.1) is 11.3 Å². The van der Waals surface area contributed by atoms with Gasteiger partial charge in [-0.3, -0.25) is 9.69 Å². The van der Waals surface area contributed by atoms with Gasteiger partial charge in [-0.25, -0.2) is 4.79 Å². The number of aliphatic carboxylic acids is 1. The van der Waals surface area contributed by atoms with E-state index in [9.17, 15) is 9.59 Å². The van der Waals surface area contributed by atoms with Crippen LogP contribution in [0.2, 0.25) is 0 Å². The molecule has 1 atom stereocenters. The summed E-state index contributed by atoms with van der Waals surface area (Å²) in [6, 6.07) is 3.97. The van der Waals surface area contributed by atoms with Gasteiger partial charge in [-0.1, -0.05) is 6.07 Å². The molecule has 0 spiro atoms. The van der Waals surface area contributed by atoms with Crippen LogP contribution < -0.4 is 5.32 Å². The van der Waals surface area contributed by atoms with E-state index < -0.39 is 11.6 Å². The Morgan fingerprint density at radius 3 is 2.86 bits per heavy atom. The maximum atomic E-state index is 11.9. The number of thiophene rings is 1. The van der Waals surface area contributed by atoms with Crippen LogP contribution in [0.15, 0.2) is 17.5 Å². The van der Waals surface area contributed by atoms with Crippen LogP contribution in [-0.4, -0.2) is 53.7 Å². The zero-order valence-electron chi connectivity index (χ0n) is 12.2. The van der Waals surface area contributed by atoms with Crippen LogP contribution in [0.4, 0.5) is 0 Å². The number of hydrogen-bond donors (Lipinski definition) is 2. The second-order valence-electron chi connectivity index (χ2n) is 5.58. The highest BCUT2D eigenvalue weighted by Crippen LogP contribution is 2.24. The molecule has 1 aromatic heterocycles. The van der Waals surface area contributed by atoms with Gasteiger partial charge < -0.3 is 15.2 Å². The molecule has 2 heterocycles. The third-order valence-corrected chi connectivity index (χ3v) is 4.43. The number of likely N-dealkylation sites (tertiary alicyclic amines) is 1. The number of amides is 1. The first-order valence-electron chi connectivity index (χ1n) is 6.79. The first-order valence-corrected chi connectivity index (χ1v) is 7.67. The third-order valence-electron chi connectivity index (χ3n) is 3.37. The van der Waals surface area contributed by atoms with E-state index in [0.29, 0.717) is 19.6 Å². The molecule has 0 radical (unpaired) electrons. The predicted molar refractivity (Wildman–Crippen MR) is 79.3 cm³/mol. The number of hydrogen-bond acceptors (Lipinski definition) is 5. The molecular formula is C14H20N2O4S. The number of carboxylic acids is 1. The standard InChI is InChI=1S/C14H20N2O4S/c1-10(11-4-3-5-21-11)15-12(17)6-16-8-14(2,9-16)20-7-13(18)19/h3-5,10H,6-9H2,1-2H3,(H,15,17)(H,18,19). The van der Waals surface area contributed by atoms with Gasteiger partial charge in [0, 0.05) is 18.0 Å². The highest BCUT2D eigenvalue weighted by molar-refractivity contribution is 7.10. The lowest BCUT2D eigenvalue weighted by Gasteiger charge is -2.47. The molecule has 2 rings (SSSR count). The molecule has 116 valence electrons.